The number of carbonyl (C=O) groups excluding carboxylic acids is 1. The molecule has 2 aromatic heterocycles. The molecular weight excluding hydrogens is 411 g/mol. The van der Waals surface area contributed by atoms with Crippen molar-refractivity contribution in [3.63, 3.8) is 0 Å². The predicted octanol–water partition coefficient (Wildman–Crippen LogP) is 4.64. The van der Waals surface area contributed by atoms with E-state index in [1.54, 1.807) is 35.9 Å². The first-order chi connectivity index (χ1) is 15.2. The normalized spacial score (nSPS) is 19.8. The summed E-state index contributed by atoms with van der Waals surface area (Å²) in [6.07, 6.45) is 6.57. The van der Waals surface area contributed by atoms with Crippen LogP contribution in [0.1, 0.15) is 41.1 Å². The van der Waals surface area contributed by atoms with Gasteiger partial charge in [0.2, 0.25) is 0 Å². The summed E-state index contributed by atoms with van der Waals surface area (Å²) in [5, 5.41) is 10.7. The van der Waals surface area contributed by atoms with Gasteiger partial charge in [0.1, 0.15) is 5.82 Å². The van der Waals surface area contributed by atoms with E-state index in [1.165, 1.54) is 5.56 Å². The molecule has 0 aliphatic carbocycles. The summed E-state index contributed by atoms with van der Waals surface area (Å²) in [6.45, 7) is 4.89. The Morgan fingerprint density at radius 2 is 1.84 bits per heavy atom. The molecule has 0 spiro atoms. The Labute approximate surface area is 186 Å². The van der Waals surface area contributed by atoms with Crippen molar-refractivity contribution < 1.29 is 9.18 Å². The van der Waals surface area contributed by atoms with Gasteiger partial charge in [0.05, 0.1) is 11.8 Å². The molecule has 2 aliphatic heterocycles. The predicted molar refractivity (Wildman–Crippen MR) is 122 cm³/mol. The van der Waals surface area contributed by atoms with Gasteiger partial charge in [-0.2, -0.15) is 16.4 Å². The number of benzene rings is 1. The van der Waals surface area contributed by atoms with E-state index in [1.807, 2.05) is 39.9 Å². The molecule has 1 atom stereocenters. The van der Waals surface area contributed by atoms with Crippen LogP contribution in [0.4, 0.5) is 4.39 Å². The monoisotopic (exact) mass is 440 g/mol. The lowest BCUT2D eigenvalue weighted by molar-refractivity contribution is 0.0782. The summed E-state index contributed by atoms with van der Waals surface area (Å²) >= 11 is 1.71. The third-order valence-corrected chi connectivity index (χ3v) is 6.82. The Hall–Kier alpha value is -2.51. The summed E-state index contributed by atoms with van der Waals surface area (Å²) in [5.74, 6) is 1.00. The minimum atomic E-state index is -0.165. The highest BCUT2D eigenvalue weighted by molar-refractivity contribution is 7.07. The Morgan fingerprint density at radius 1 is 1.10 bits per heavy atom. The van der Waals surface area contributed by atoms with Crippen LogP contribution in [0.25, 0.3) is 0 Å². The third-order valence-electron chi connectivity index (χ3n) is 6.19. The summed E-state index contributed by atoms with van der Waals surface area (Å²) in [5.41, 5.74) is 1.90. The van der Waals surface area contributed by atoms with Crippen LogP contribution in [0.2, 0.25) is 0 Å². The number of thiophene rings is 1. The molecule has 2 aliphatic rings. The molecule has 164 valence electrons. The minimum absolute atomic E-state index is 0.0799. The number of nitrogens with zero attached hydrogens (tertiary/aromatic N) is 3. The number of aromatic amines is 1. The Kier molecular flexibility index (Phi) is 7.48. The molecule has 1 unspecified atom stereocenters. The van der Waals surface area contributed by atoms with Gasteiger partial charge in [-0.25, -0.2) is 4.39 Å². The molecular formula is C24H29FN4OS. The van der Waals surface area contributed by atoms with Gasteiger partial charge in [-0.3, -0.25) is 9.89 Å². The molecule has 1 aromatic carbocycles. The first-order valence-electron chi connectivity index (χ1n) is 10.9. The number of hydrogen-bond acceptors (Lipinski definition) is 4. The van der Waals surface area contributed by atoms with Crippen molar-refractivity contribution in [2.75, 3.05) is 32.7 Å². The van der Waals surface area contributed by atoms with E-state index >= 15 is 0 Å². The van der Waals surface area contributed by atoms with Crippen molar-refractivity contribution in [1.82, 2.24) is 20.0 Å². The van der Waals surface area contributed by atoms with Crippen molar-refractivity contribution in [1.29, 1.82) is 0 Å². The third kappa shape index (κ3) is 6.02. The molecule has 2 fully saturated rings. The van der Waals surface area contributed by atoms with Crippen molar-refractivity contribution in [2.24, 2.45) is 5.92 Å². The number of hydrogen-bond donors (Lipinski definition) is 1. The van der Waals surface area contributed by atoms with Gasteiger partial charge in [0.15, 0.2) is 0 Å². The average molecular weight is 441 g/mol. The van der Waals surface area contributed by atoms with E-state index < -0.39 is 0 Å². The van der Waals surface area contributed by atoms with Gasteiger partial charge in [-0.05, 0) is 72.6 Å². The van der Waals surface area contributed by atoms with Gasteiger partial charge >= 0.3 is 0 Å². The molecule has 5 nitrogen and oxygen atoms in total. The van der Waals surface area contributed by atoms with Crippen LogP contribution in [0.5, 0.6) is 0 Å². The van der Waals surface area contributed by atoms with Crippen LogP contribution in [0.15, 0.2) is 59.6 Å². The molecule has 5 rings (SSSR count). The van der Waals surface area contributed by atoms with Crippen molar-refractivity contribution in [3.05, 3.63) is 76.5 Å². The summed E-state index contributed by atoms with van der Waals surface area (Å²) in [7, 11) is 0. The highest BCUT2D eigenvalue weighted by Gasteiger charge is 2.30. The number of H-pyrrole nitrogens is 1. The lowest BCUT2D eigenvalue weighted by Crippen LogP contribution is -2.37. The molecule has 7 heteroatoms. The lowest BCUT2D eigenvalue weighted by atomic mass is 9.89. The fourth-order valence-electron chi connectivity index (χ4n) is 4.49. The fraction of sp³-hybridized carbons (Fsp3) is 0.417. The van der Waals surface area contributed by atoms with Crippen LogP contribution in [0.3, 0.4) is 0 Å². The number of rotatable bonds is 4. The number of nitrogens with one attached hydrogen (secondary N) is 1. The zero-order valence-corrected chi connectivity index (χ0v) is 18.4. The number of amides is 1. The van der Waals surface area contributed by atoms with E-state index in [0.29, 0.717) is 17.4 Å². The van der Waals surface area contributed by atoms with Crippen LogP contribution in [0, 0.1) is 11.7 Å². The van der Waals surface area contributed by atoms with Crippen molar-refractivity contribution in [3.8, 4) is 0 Å². The highest BCUT2D eigenvalue weighted by Crippen LogP contribution is 2.29. The first-order valence-corrected chi connectivity index (χ1v) is 11.9. The van der Waals surface area contributed by atoms with Crippen LogP contribution >= 0.6 is 11.3 Å². The lowest BCUT2D eigenvalue weighted by Gasteiger charge is -2.33. The second-order valence-corrected chi connectivity index (χ2v) is 9.13. The van der Waals surface area contributed by atoms with Crippen molar-refractivity contribution in [2.45, 2.75) is 25.2 Å². The molecule has 0 bridgehead atoms. The number of aromatic nitrogens is 2. The van der Waals surface area contributed by atoms with Gasteiger partial charge in [0, 0.05) is 25.8 Å². The fourth-order valence-corrected chi connectivity index (χ4v) is 4.95. The molecule has 0 saturated carbocycles. The van der Waals surface area contributed by atoms with Gasteiger partial charge in [-0.1, -0.05) is 24.3 Å². The SMILES string of the molecule is O=C(c1cn[nH]c1)N1CCC(CN2CCC(c3ccc(F)cc3)CC2)C1.c1ccsc1. The Morgan fingerprint density at radius 3 is 2.45 bits per heavy atom. The zero-order chi connectivity index (χ0) is 21.5. The maximum Gasteiger partial charge on any atom is 0.257 e. The van der Waals surface area contributed by atoms with Gasteiger partial charge < -0.3 is 9.80 Å². The van der Waals surface area contributed by atoms with Crippen LogP contribution < -0.4 is 0 Å². The van der Waals surface area contributed by atoms with Crippen LogP contribution in [-0.2, 0) is 0 Å². The number of halogens is 1. The summed E-state index contributed by atoms with van der Waals surface area (Å²) < 4.78 is 13.1. The first kappa shape index (κ1) is 21.7. The maximum absolute atomic E-state index is 13.1. The second kappa shape index (κ2) is 10.7. The minimum Gasteiger partial charge on any atom is -0.338 e. The zero-order valence-electron chi connectivity index (χ0n) is 17.6. The molecule has 1 N–H and O–H groups in total. The van der Waals surface area contributed by atoms with Crippen molar-refractivity contribution >= 4 is 17.2 Å². The smallest absolute Gasteiger partial charge is 0.257 e. The van der Waals surface area contributed by atoms with Crippen LogP contribution in [-0.4, -0.2) is 58.6 Å². The summed E-state index contributed by atoms with van der Waals surface area (Å²) in [6, 6.07) is 11.0. The molecule has 1 amide bonds. The molecule has 0 radical (unpaired) electrons. The average Bonchev–Trinajstić information content (AvgIpc) is 3.59. The van der Waals surface area contributed by atoms with E-state index in [0.717, 1.165) is 52.0 Å². The number of carbonyl (C=O) groups is 1. The maximum atomic E-state index is 13.1. The molecule has 31 heavy (non-hydrogen) atoms. The van der Waals surface area contributed by atoms with E-state index in [9.17, 15) is 9.18 Å². The van der Waals surface area contributed by atoms with E-state index in [4.69, 9.17) is 0 Å². The highest BCUT2D eigenvalue weighted by atomic mass is 32.1. The summed E-state index contributed by atoms with van der Waals surface area (Å²) in [4.78, 5) is 16.9. The Balaban J connectivity index is 0.000000407. The second-order valence-electron chi connectivity index (χ2n) is 8.31. The van der Waals surface area contributed by atoms with Gasteiger partial charge in [0.25, 0.3) is 5.91 Å². The largest absolute Gasteiger partial charge is 0.338 e. The standard InChI is InChI=1S/C20H25FN4O.C4H4S/c21-19-3-1-16(2-4-19)17-6-8-24(9-7-17)13-15-5-10-25(14-15)20(26)18-11-22-23-12-18;1-2-4-5-3-1/h1-4,11-12,15,17H,5-10,13-14H2,(H,22,23);1-4H. The Bertz CT molecular complexity index is 889. The molecule has 2 saturated heterocycles. The number of likely N-dealkylation sites (tertiary alicyclic amines) is 2. The van der Waals surface area contributed by atoms with E-state index in [-0.39, 0.29) is 11.7 Å². The molecule has 4 heterocycles. The van der Waals surface area contributed by atoms with E-state index in [2.05, 4.69) is 15.1 Å². The number of piperidine rings is 1. The van der Waals surface area contributed by atoms with Gasteiger partial charge in [-0.15, -0.1) is 0 Å². The molecule has 3 aromatic rings. The topological polar surface area (TPSA) is 52.2 Å². The quantitative estimate of drug-likeness (QED) is 0.643.